The van der Waals surface area contributed by atoms with E-state index in [1.165, 1.54) is 16.7 Å². The number of hydrogen-bond acceptors (Lipinski definition) is 5. The molecule has 4 atom stereocenters. The van der Waals surface area contributed by atoms with Gasteiger partial charge in [0, 0.05) is 17.4 Å². The summed E-state index contributed by atoms with van der Waals surface area (Å²) in [6.45, 7) is 4.05. The van der Waals surface area contributed by atoms with Crippen molar-refractivity contribution in [1.82, 2.24) is 14.8 Å². The van der Waals surface area contributed by atoms with Gasteiger partial charge in [-0.3, -0.25) is 15.0 Å². The number of rotatable bonds is 4. The summed E-state index contributed by atoms with van der Waals surface area (Å²) < 4.78 is 6.94. The molecule has 4 bridgehead atoms. The number of hydrogen-bond donors (Lipinski definition) is 2. The molecule has 2 aromatic heterocycles. The first-order chi connectivity index (χ1) is 15.8. The lowest BCUT2D eigenvalue weighted by molar-refractivity contribution is -0.127. The second-order valence-electron chi connectivity index (χ2n) is 10.8. The highest BCUT2D eigenvalue weighted by molar-refractivity contribution is 7.71. The number of para-hydroxylation sites is 1. The molecule has 0 aliphatic heterocycles. The number of amides is 1. The number of fused-ring (bicyclic) bond motifs is 1. The number of nitrogens with one attached hydrogen (secondary N) is 2. The van der Waals surface area contributed by atoms with Crippen molar-refractivity contribution < 1.29 is 9.32 Å². The maximum absolute atomic E-state index is 13.3. The molecule has 4 aliphatic rings. The molecule has 4 fully saturated rings. The van der Waals surface area contributed by atoms with E-state index in [-0.39, 0.29) is 27.1 Å². The zero-order valence-corrected chi connectivity index (χ0v) is 19.8. The summed E-state index contributed by atoms with van der Waals surface area (Å²) in [6, 6.07) is 7.19. The molecule has 3 aromatic rings. The zero-order valence-electron chi connectivity index (χ0n) is 18.9. The van der Waals surface area contributed by atoms with E-state index in [1.807, 2.05) is 26.0 Å². The molecule has 4 aliphatic carbocycles. The molecule has 1 aromatic carbocycles. The van der Waals surface area contributed by atoms with Crippen molar-refractivity contribution in [3.05, 3.63) is 56.4 Å². The van der Waals surface area contributed by atoms with Crippen molar-refractivity contribution in [3.8, 4) is 0 Å². The van der Waals surface area contributed by atoms with Gasteiger partial charge in [0.2, 0.25) is 5.91 Å². The molecule has 33 heavy (non-hydrogen) atoms. The van der Waals surface area contributed by atoms with E-state index in [0.29, 0.717) is 29.2 Å². The van der Waals surface area contributed by atoms with Crippen LogP contribution in [0.4, 0.5) is 0 Å². The van der Waals surface area contributed by atoms with E-state index in [0.717, 1.165) is 43.6 Å². The highest BCUT2D eigenvalue weighted by atomic mass is 32.1. The van der Waals surface area contributed by atoms with Gasteiger partial charge in [-0.05, 0) is 94.0 Å². The maximum atomic E-state index is 13.3. The molecular formula is C25H28N4O3S. The van der Waals surface area contributed by atoms with Crippen LogP contribution in [0.3, 0.4) is 0 Å². The van der Waals surface area contributed by atoms with E-state index >= 15 is 0 Å². The Morgan fingerprint density at radius 1 is 1.24 bits per heavy atom. The van der Waals surface area contributed by atoms with Crippen LogP contribution in [0.1, 0.15) is 62.0 Å². The summed E-state index contributed by atoms with van der Waals surface area (Å²) in [7, 11) is 0. The average molecular weight is 465 g/mol. The fraction of sp³-hybridized carbons (Fsp3) is 0.520. The molecule has 0 spiro atoms. The van der Waals surface area contributed by atoms with E-state index in [4.69, 9.17) is 16.7 Å². The average Bonchev–Trinajstić information content (AvgIpc) is 3.08. The van der Waals surface area contributed by atoms with Crippen LogP contribution in [-0.2, 0) is 10.2 Å². The van der Waals surface area contributed by atoms with E-state index in [1.54, 1.807) is 12.1 Å². The van der Waals surface area contributed by atoms with Crippen molar-refractivity contribution in [2.24, 2.45) is 17.3 Å². The lowest BCUT2D eigenvalue weighted by atomic mass is 9.42. The largest absolute Gasteiger partial charge is 0.361 e. The third-order valence-corrected chi connectivity index (χ3v) is 8.61. The Labute approximate surface area is 196 Å². The number of aryl methyl sites for hydroxylation is 2. The van der Waals surface area contributed by atoms with Gasteiger partial charge < -0.3 is 9.51 Å². The van der Waals surface area contributed by atoms with Crippen LogP contribution in [0.2, 0.25) is 0 Å². The third-order valence-electron chi connectivity index (χ3n) is 8.32. The van der Waals surface area contributed by atoms with Gasteiger partial charge in [0.1, 0.15) is 5.76 Å². The maximum Gasteiger partial charge on any atom is 0.281 e. The van der Waals surface area contributed by atoms with E-state index < -0.39 is 0 Å². The Kier molecular flexibility index (Phi) is 4.50. The Balaban J connectivity index is 1.31. The van der Waals surface area contributed by atoms with Crippen molar-refractivity contribution >= 4 is 29.0 Å². The predicted molar refractivity (Wildman–Crippen MR) is 127 cm³/mol. The molecule has 1 amide bonds. The molecule has 0 saturated heterocycles. The van der Waals surface area contributed by atoms with Crippen LogP contribution >= 0.6 is 12.2 Å². The highest BCUT2D eigenvalue weighted by Gasteiger charge is 2.59. The number of aromatic nitrogens is 3. The van der Waals surface area contributed by atoms with Crippen molar-refractivity contribution in [1.29, 1.82) is 0 Å². The second-order valence-corrected chi connectivity index (χ2v) is 11.2. The molecule has 8 heteroatoms. The van der Waals surface area contributed by atoms with Crippen LogP contribution in [0.5, 0.6) is 0 Å². The second kappa shape index (κ2) is 7.13. The number of carbonyl (C=O) groups excluding carboxylic acids is 1. The van der Waals surface area contributed by atoms with Gasteiger partial charge in [0.05, 0.1) is 16.6 Å². The molecule has 7 rings (SSSR count). The van der Waals surface area contributed by atoms with Crippen LogP contribution in [0, 0.1) is 35.9 Å². The monoisotopic (exact) mass is 464 g/mol. The number of benzene rings is 1. The SMILES string of the molecule is Cc1noc(C)c1C12C[C@@H]3C[C@@H](CC(CC(=O)Nn4c(=S)[nH]c5ccccc5c4=O)(C3)C1)C2. The summed E-state index contributed by atoms with van der Waals surface area (Å²) in [5.74, 6) is 2.02. The van der Waals surface area contributed by atoms with Crippen LogP contribution < -0.4 is 11.0 Å². The molecule has 2 N–H and O–H groups in total. The minimum atomic E-state index is -0.305. The van der Waals surface area contributed by atoms with Crippen molar-refractivity contribution in [2.75, 3.05) is 5.43 Å². The standard InChI is InChI=1S/C25H28N4O3S/c1-14-21(15(2)32-28-14)25-10-16-7-17(11-25)9-24(8-16,13-25)12-20(30)27-29-22(31)18-5-3-4-6-19(18)26-23(29)33/h3-6,16-17H,7-13H2,1-2H3,(H,26,33)(H,27,30)/t16-,17+,24?,25?. The lowest BCUT2D eigenvalue weighted by Gasteiger charge is -2.62. The molecule has 2 unspecified atom stereocenters. The Bertz CT molecular complexity index is 1370. The van der Waals surface area contributed by atoms with Gasteiger partial charge in [0.15, 0.2) is 4.77 Å². The van der Waals surface area contributed by atoms with Gasteiger partial charge in [-0.25, -0.2) is 0 Å². The van der Waals surface area contributed by atoms with Gasteiger partial charge in [0.25, 0.3) is 5.56 Å². The van der Waals surface area contributed by atoms with E-state index in [2.05, 4.69) is 15.6 Å². The third kappa shape index (κ3) is 3.21. The molecule has 172 valence electrons. The topological polar surface area (TPSA) is 92.9 Å². The smallest absolute Gasteiger partial charge is 0.281 e. The Morgan fingerprint density at radius 3 is 2.67 bits per heavy atom. The number of aromatic amines is 1. The lowest BCUT2D eigenvalue weighted by Crippen LogP contribution is -2.55. The van der Waals surface area contributed by atoms with Crippen molar-refractivity contribution in [2.45, 2.75) is 64.2 Å². The van der Waals surface area contributed by atoms with Crippen molar-refractivity contribution in [3.63, 3.8) is 0 Å². The number of H-pyrrole nitrogens is 1. The number of carbonyl (C=O) groups is 1. The summed E-state index contributed by atoms with van der Waals surface area (Å²) in [4.78, 5) is 29.3. The zero-order chi connectivity index (χ0) is 23.0. The fourth-order valence-electron chi connectivity index (χ4n) is 7.96. The first kappa shape index (κ1) is 20.8. The molecular weight excluding hydrogens is 436 g/mol. The fourth-order valence-corrected chi connectivity index (χ4v) is 8.20. The first-order valence-corrected chi connectivity index (χ1v) is 12.2. The van der Waals surface area contributed by atoms with Crippen LogP contribution in [0.25, 0.3) is 10.9 Å². The normalized spacial score (nSPS) is 30.1. The molecule has 7 nitrogen and oxygen atoms in total. The van der Waals surface area contributed by atoms with Gasteiger partial charge in [-0.2, -0.15) is 4.68 Å². The predicted octanol–water partition coefficient (Wildman–Crippen LogP) is 4.66. The minimum absolute atomic E-state index is 0.0509. The number of nitrogens with zero attached hydrogens (tertiary/aromatic N) is 2. The van der Waals surface area contributed by atoms with Crippen LogP contribution in [0.15, 0.2) is 33.6 Å². The van der Waals surface area contributed by atoms with Gasteiger partial charge in [-0.1, -0.05) is 17.3 Å². The van der Waals surface area contributed by atoms with Gasteiger partial charge >= 0.3 is 0 Å². The Morgan fingerprint density at radius 2 is 1.97 bits per heavy atom. The summed E-state index contributed by atoms with van der Waals surface area (Å²) in [5.41, 5.74) is 5.43. The van der Waals surface area contributed by atoms with Gasteiger partial charge in [-0.15, -0.1) is 0 Å². The first-order valence-electron chi connectivity index (χ1n) is 11.7. The molecule has 0 radical (unpaired) electrons. The summed E-state index contributed by atoms with van der Waals surface area (Å²) in [6.07, 6.45) is 7.09. The minimum Gasteiger partial charge on any atom is -0.361 e. The quantitative estimate of drug-likeness (QED) is 0.548. The van der Waals surface area contributed by atoms with E-state index in [9.17, 15) is 9.59 Å². The summed E-state index contributed by atoms with van der Waals surface area (Å²) >= 11 is 5.38. The molecule has 4 saturated carbocycles. The summed E-state index contributed by atoms with van der Waals surface area (Å²) in [5, 5.41) is 4.75. The highest BCUT2D eigenvalue weighted by Crippen LogP contribution is 2.67. The van der Waals surface area contributed by atoms with Crippen LogP contribution in [-0.4, -0.2) is 20.7 Å². The molecule has 2 heterocycles. The Hall–Kier alpha value is -2.74.